The fourth-order valence-corrected chi connectivity index (χ4v) is 5.39. The van der Waals surface area contributed by atoms with Crippen LogP contribution in [-0.4, -0.2) is 17.7 Å². The minimum atomic E-state index is -0.274. The maximum Gasteiger partial charge on any atom is 0.264 e. The van der Waals surface area contributed by atoms with E-state index in [0.29, 0.717) is 58.4 Å². The number of aliphatic imine (C=N–C) groups is 1. The molecule has 11 heteroatoms. The van der Waals surface area contributed by atoms with Crippen molar-refractivity contribution in [3.8, 4) is 11.5 Å². The number of amidine groups is 1. The Kier molecular flexibility index (Phi) is 9.15. The monoisotopic (exact) mass is 644 g/mol. The van der Waals surface area contributed by atoms with Crippen LogP contribution in [0.15, 0.2) is 62.9 Å². The summed E-state index contributed by atoms with van der Waals surface area (Å²) >= 11 is 29.3. The second kappa shape index (κ2) is 12.1. The predicted octanol–water partition coefficient (Wildman–Crippen LogP) is 8.93. The average molecular weight is 647 g/mol. The van der Waals surface area contributed by atoms with E-state index in [1.807, 2.05) is 19.1 Å². The zero-order chi connectivity index (χ0) is 25.8. The van der Waals surface area contributed by atoms with Gasteiger partial charge in [0.15, 0.2) is 16.7 Å². The Morgan fingerprint density at radius 1 is 1.06 bits per heavy atom. The van der Waals surface area contributed by atoms with Crippen molar-refractivity contribution >= 4 is 96.9 Å². The van der Waals surface area contributed by atoms with Crippen LogP contribution in [0.1, 0.15) is 18.1 Å². The molecule has 0 spiro atoms. The number of amides is 1. The van der Waals surface area contributed by atoms with Gasteiger partial charge in [0, 0.05) is 15.6 Å². The SMILES string of the molecule is CCOc1cc(/C=C2\SC(=Nc3cccc(Cl)c3Cl)NC2=O)cc(Br)c1OCc1ccc(Cl)cc1Cl. The van der Waals surface area contributed by atoms with Crippen LogP contribution in [0.4, 0.5) is 5.69 Å². The largest absolute Gasteiger partial charge is 0.490 e. The van der Waals surface area contributed by atoms with E-state index in [2.05, 4.69) is 26.2 Å². The molecule has 1 saturated heterocycles. The lowest BCUT2D eigenvalue weighted by Gasteiger charge is -2.15. The Hall–Kier alpha value is -1.87. The van der Waals surface area contributed by atoms with Crippen molar-refractivity contribution in [2.75, 3.05) is 6.61 Å². The average Bonchev–Trinajstić information content (AvgIpc) is 3.16. The Morgan fingerprint density at radius 3 is 2.61 bits per heavy atom. The van der Waals surface area contributed by atoms with Crippen LogP contribution >= 0.6 is 74.1 Å². The first-order valence-electron chi connectivity index (χ1n) is 10.5. The second-order valence-electron chi connectivity index (χ2n) is 7.34. The zero-order valence-corrected chi connectivity index (χ0v) is 24.0. The van der Waals surface area contributed by atoms with Gasteiger partial charge in [-0.2, -0.15) is 0 Å². The highest BCUT2D eigenvalue weighted by atomic mass is 79.9. The molecule has 186 valence electrons. The minimum Gasteiger partial charge on any atom is -0.490 e. The fourth-order valence-electron chi connectivity index (χ4n) is 3.18. The minimum absolute atomic E-state index is 0.221. The van der Waals surface area contributed by atoms with E-state index in [9.17, 15) is 4.79 Å². The topological polar surface area (TPSA) is 59.9 Å². The van der Waals surface area contributed by atoms with Crippen molar-refractivity contribution in [1.82, 2.24) is 5.32 Å². The molecular weight excluding hydrogens is 630 g/mol. The predicted molar refractivity (Wildman–Crippen MR) is 153 cm³/mol. The number of rotatable bonds is 7. The first kappa shape index (κ1) is 27.2. The zero-order valence-electron chi connectivity index (χ0n) is 18.6. The lowest BCUT2D eigenvalue weighted by molar-refractivity contribution is -0.115. The molecule has 3 aromatic carbocycles. The third kappa shape index (κ3) is 6.52. The number of carbonyl (C=O) groups excluding carboxylic acids is 1. The van der Waals surface area contributed by atoms with Gasteiger partial charge in [-0.1, -0.05) is 58.5 Å². The number of hydrogen-bond donors (Lipinski definition) is 1. The van der Waals surface area contributed by atoms with Gasteiger partial charge in [-0.05, 0) is 82.7 Å². The maximum absolute atomic E-state index is 12.6. The van der Waals surface area contributed by atoms with E-state index in [1.165, 1.54) is 11.8 Å². The first-order chi connectivity index (χ1) is 17.2. The van der Waals surface area contributed by atoms with Crippen LogP contribution in [0, 0.1) is 0 Å². The molecule has 36 heavy (non-hydrogen) atoms. The van der Waals surface area contributed by atoms with Crippen molar-refractivity contribution < 1.29 is 14.3 Å². The van der Waals surface area contributed by atoms with Gasteiger partial charge in [0.2, 0.25) is 0 Å². The van der Waals surface area contributed by atoms with Crippen LogP contribution in [-0.2, 0) is 11.4 Å². The van der Waals surface area contributed by atoms with Crippen LogP contribution in [0.25, 0.3) is 6.08 Å². The van der Waals surface area contributed by atoms with E-state index in [4.69, 9.17) is 55.9 Å². The van der Waals surface area contributed by atoms with Crippen molar-refractivity contribution in [3.63, 3.8) is 0 Å². The molecule has 0 bridgehead atoms. The Bertz CT molecular complexity index is 1400. The highest BCUT2D eigenvalue weighted by Crippen LogP contribution is 2.40. The second-order valence-corrected chi connectivity index (χ2v) is 10.9. The van der Waals surface area contributed by atoms with Gasteiger partial charge in [0.1, 0.15) is 6.61 Å². The number of ether oxygens (including phenoxy) is 2. The number of nitrogens with zero attached hydrogens (tertiary/aromatic N) is 1. The molecule has 0 aliphatic carbocycles. The van der Waals surface area contributed by atoms with Crippen molar-refractivity contribution in [2.45, 2.75) is 13.5 Å². The summed E-state index contributed by atoms with van der Waals surface area (Å²) in [5.74, 6) is 0.766. The molecule has 0 unspecified atom stereocenters. The third-order valence-corrected chi connectivity index (χ3v) is 7.72. The molecule has 1 heterocycles. The van der Waals surface area contributed by atoms with Crippen LogP contribution in [0.2, 0.25) is 20.1 Å². The van der Waals surface area contributed by atoms with Gasteiger partial charge in [0.05, 0.1) is 31.7 Å². The van der Waals surface area contributed by atoms with Gasteiger partial charge in [-0.25, -0.2) is 4.99 Å². The summed E-state index contributed by atoms with van der Waals surface area (Å²) in [7, 11) is 0. The Labute approximate surface area is 240 Å². The van der Waals surface area contributed by atoms with Gasteiger partial charge in [-0.15, -0.1) is 0 Å². The number of thioether (sulfide) groups is 1. The molecule has 4 rings (SSSR count). The fraction of sp³-hybridized carbons (Fsp3) is 0.120. The summed E-state index contributed by atoms with van der Waals surface area (Å²) in [6.45, 7) is 2.53. The molecular formula is C25H17BrCl4N2O3S. The molecule has 0 aromatic heterocycles. The summed E-state index contributed by atoms with van der Waals surface area (Å²) in [4.78, 5) is 17.5. The van der Waals surface area contributed by atoms with Gasteiger partial charge in [-0.3, -0.25) is 4.79 Å². The van der Waals surface area contributed by atoms with E-state index in [0.717, 1.165) is 11.1 Å². The summed E-state index contributed by atoms with van der Waals surface area (Å²) in [5.41, 5.74) is 1.99. The van der Waals surface area contributed by atoms with Crippen LogP contribution < -0.4 is 14.8 Å². The molecule has 3 aromatic rings. The van der Waals surface area contributed by atoms with E-state index in [1.54, 1.807) is 42.5 Å². The van der Waals surface area contributed by atoms with Gasteiger partial charge >= 0.3 is 0 Å². The molecule has 0 atom stereocenters. The summed E-state index contributed by atoms with van der Waals surface area (Å²) in [6.07, 6.45) is 1.75. The normalized spacial score (nSPS) is 15.4. The summed E-state index contributed by atoms with van der Waals surface area (Å²) < 4.78 is 12.5. The lowest BCUT2D eigenvalue weighted by Crippen LogP contribution is -2.19. The lowest BCUT2D eigenvalue weighted by atomic mass is 10.1. The number of carbonyl (C=O) groups is 1. The van der Waals surface area contributed by atoms with Crippen molar-refractivity contribution in [1.29, 1.82) is 0 Å². The molecule has 1 aliphatic heterocycles. The van der Waals surface area contributed by atoms with Gasteiger partial charge in [0.25, 0.3) is 5.91 Å². The molecule has 1 amide bonds. The standard InChI is InChI=1S/C25H17BrCl4N2O3S/c1-2-34-20-9-13(8-16(26)23(20)35-12-14-6-7-15(27)11-18(14)29)10-21-24(33)32-25(36-21)31-19-5-3-4-17(28)22(19)30/h3-11H,2,12H2,1H3,(H,31,32,33)/b21-10-. The van der Waals surface area contributed by atoms with Crippen LogP contribution in [0.3, 0.4) is 0 Å². The number of nitrogens with one attached hydrogen (secondary N) is 1. The molecule has 1 aliphatic rings. The Balaban J connectivity index is 1.58. The third-order valence-electron chi connectivity index (χ3n) is 4.82. The quantitative estimate of drug-likeness (QED) is 0.260. The molecule has 1 N–H and O–H groups in total. The van der Waals surface area contributed by atoms with Crippen molar-refractivity contribution in [3.05, 3.63) is 89.1 Å². The molecule has 0 saturated carbocycles. The summed E-state index contributed by atoms with van der Waals surface area (Å²) in [6, 6.07) is 14.0. The first-order valence-corrected chi connectivity index (χ1v) is 13.6. The van der Waals surface area contributed by atoms with E-state index < -0.39 is 0 Å². The Morgan fingerprint density at radius 2 is 1.86 bits per heavy atom. The van der Waals surface area contributed by atoms with E-state index >= 15 is 0 Å². The van der Waals surface area contributed by atoms with E-state index in [-0.39, 0.29) is 12.5 Å². The number of benzene rings is 3. The molecule has 0 radical (unpaired) electrons. The molecule has 5 nitrogen and oxygen atoms in total. The van der Waals surface area contributed by atoms with Gasteiger partial charge < -0.3 is 14.8 Å². The number of hydrogen-bond acceptors (Lipinski definition) is 5. The number of halogens is 5. The highest BCUT2D eigenvalue weighted by molar-refractivity contribution is 9.10. The van der Waals surface area contributed by atoms with Crippen LogP contribution in [0.5, 0.6) is 11.5 Å². The smallest absolute Gasteiger partial charge is 0.264 e. The highest BCUT2D eigenvalue weighted by Gasteiger charge is 2.25. The molecule has 1 fully saturated rings. The summed E-state index contributed by atoms with van der Waals surface area (Å²) in [5, 5.41) is 4.92. The van der Waals surface area contributed by atoms with Crippen molar-refractivity contribution in [2.24, 2.45) is 4.99 Å². The maximum atomic E-state index is 12.6.